The van der Waals surface area contributed by atoms with Crippen molar-refractivity contribution >= 4 is 22.8 Å². The van der Waals surface area contributed by atoms with Gasteiger partial charge in [-0.2, -0.15) is 0 Å². The quantitative estimate of drug-likeness (QED) is 0.861. The molecule has 0 fully saturated rings. The average Bonchev–Trinajstić information content (AvgIpc) is 2.71. The molecule has 0 aliphatic heterocycles. The highest BCUT2D eigenvalue weighted by molar-refractivity contribution is 7.09. The third kappa shape index (κ3) is 2.47. The Morgan fingerprint density at radius 3 is 2.87 bits per heavy atom. The van der Waals surface area contributed by atoms with Gasteiger partial charge in [0, 0.05) is 11.9 Å². The van der Waals surface area contributed by atoms with Gasteiger partial charge < -0.3 is 10.6 Å². The van der Waals surface area contributed by atoms with E-state index in [0.29, 0.717) is 5.82 Å². The van der Waals surface area contributed by atoms with Gasteiger partial charge in [0.2, 0.25) is 0 Å². The van der Waals surface area contributed by atoms with Crippen LogP contribution in [0.2, 0.25) is 0 Å². The van der Waals surface area contributed by atoms with Crippen LogP contribution >= 0.6 is 11.3 Å². The molecular weight excluding hydrogens is 206 g/mol. The first-order valence-electron chi connectivity index (χ1n) is 4.71. The fourth-order valence-corrected chi connectivity index (χ4v) is 2.11. The zero-order valence-corrected chi connectivity index (χ0v) is 9.37. The number of aromatic nitrogens is 1. The highest BCUT2D eigenvalue weighted by atomic mass is 32.1. The molecule has 3 nitrogen and oxygen atoms in total. The van der Waals surface area contributed by atoms with Gasteiger partial charge in [-0.05, 0) is 23.6 Å². The molecule has 78 valence electrons. The van der Waals surface area contributed by atoms with E-state index in [1.54, 1.807) is 17.5 Å². The molecule has 0 saturated carbocycles. The van der Waals surface area contributed by atoms with Gasteiger partial charge in [0.05, 0.1) is 18.4 Å². The van der Waals surface area contributed by atoms with Crippen LogP contribution in [-0.4, -0.2) is 12.0 Å². The third-order valence-electron chi connectivity index (χ3n) is 2.18. The molecule has 2 aromatic rings. The van der Waals surface area contributed by atoms with Gasteiger partial charge in [0.1, 0.15) is 5.82 Å². The first-order valence-corrected chi connectivity index (χ1v) is 5.59. The van der Waals surface area contributed by atoms with Crippen LogP contribution < -0.4 is 10.6 Å². The summed E-state index contributed by atoms with van der Waals surface area (Å²) in [7, 11) is 2.05. The van der Waals surface area contributed by atoms with Crippen molar-refractivity contribution in [2.75, 3.05) is 17.7 Å². The Morgan fingerprint density at radius 2 is 2.27 bits per heavy atom. The largest absolute Gasteiger partial charge is 0.384 e. The van der Waals surface area contributed by atoms with E-state index in [1.807, 2.05) is 19.2 Å². The van der Waals surface area contributed by atoms with E-state index in [1.165, 1.54) is 4.88 Å². The topological polar surface area (TPSA) is 42.1 Å². The lowest BCUT2D eigenvalue weighted by Crippen LogP contribution is -2.15. The molecule has 0 spiro atoms. The van der Waals surface area contributed by atoms with Crippen molar-refractivity contribution in [3.05, 3.63) is 40.7 Å². The smallest absolute Gasteiger partial charge is 0.123 e. The Labute approximate surface area is 93.2 Å². The molecular formula is C11H13N3S. The highest BCUT2D eigenvalue weighted by Gasteiger charge is 2.02. The second-order valence-electron chi connectivity index (χ2n) is 3.38. The molecule has 4 heteroatoms. The maximum absolute atomic E-state index is 5.54. The lowest BCUT2D eigenvalue weighted by atomic mass is 10.3. The predicted octanol–water partition coefficient (Wildman–Crippen LogP) is 2.36. The Bertz CT molecular complexity index is 408. The molecule has 15 heavy (non-hydrogen) atoms. The van der Waals surface area contributed by atoms with Crippen LogP contribution in [0, 0.1) is 0 Å². The van der Waals surface area contributed by atoms with Gasteiger partial charge in [-0.15, -0.1) is 11.3 Å². The molecule has 0 aromatic carbocycles. The van der Waals surface area contributed by atoms with Crippen LogP contribution in [0.5, 0.6) is 0 Å². The van der Waals surface area contributed by atoms with Crippen molar-refractivity contribution in [1.29, 1.82) is 0 Å². The summed E-state index contributed by atoms with van der Waals surface area (Å²) in [4.78, 5) is 7.56. The van der Waals surface area contributed by atoms with Gasteiger partial charge in [-0.3, -0.25) is 0 Å². The van der Waals surface area contributed by atoms with Crippen LogP contribution in [0.4, 0.5) is 11.5 Å². The molecule has 0 atom stereocenters. The maximum Gasteiger partial charge on any atom is 0.123 e. The Kier molecular flexibility index (Phi) is 2.87. The van der Waals surface area contributed by atoms with E-state index in [2.05, 4.69) is 27.4 Å². The van der Waals surface area contributed by atoms with E-state index in [9.17, 15) is 0 Å². The summed E-state index contributed by atoms with van der Waals surface area (Å²) in [5.41, 5.74) is 6.62. The number of hydrogen-bond acceptors (Lipinski definition) is 4. The van der Waals surface area contributed by atoms with Crippen LogP contribution in [0.1, 0.15) is 4.88 Å². The molecule has 2 heterocycles. The summed E-state index contributed by atoms with van der Waals surface area (Å²) in [5.74, 6) is 0.559. The van der Waals surface area contributed by atoms with E-state index >= 15 is 0 Å². The van der Waals surface area contributed by atoms with E-state index < -0.39 is 0 Å². The van der Waals surface area contributed by atoms with Crippen LogP contribution in [0.25, 0.3) is 0 Å². The van der Waals surface area contributed by atoms with Crippen molar-refractivity contribution in [2.24, 2.45) is 0 Å². The molecule has 0 unspecified atom stereocenters. The van der Waals surface area contributed by atoms with Gasteiger partial charge in [-0.1, -0.05) is 6.07 Å². The number of thiophene rings is 1. The average molecular weight is 219 g/mol. The van der Waals surface area contributed by atoms with E-state index in [-0.39, 0.29) is 0 Å². The standard InChI is InChI=1S/C11H13N3S/c1-14(8-10-3-2-6-15-10)9-4-5-11(12)13-7-9/h2-7H,8H2,1H3,(H2,12,13). The Morgan fingerprint density at radius 1 is 1.40 bits per heavy atom. The molecule has 2 aromatic heterocycles. The molecule has 2 N–H and O–H groups in total. The van der Waals surface area contributed by atoms with Crippen molar-refractivity contribution in [3.8, 4) is 0 Å². The Balaban J connectivity index is 2.08. The fourth-order valence-electron chi connectivity index (χ4n) is 1.35. The molecule has 0 saturated heterocycles. The molecule has 0 amide bonds. The predicted molar refractivity (Wildman–Crippen MR) is 65.1 cm³/mol. The fraction of sp³-hybridized carbons (Fsp3) is 0.182. The van der Waals surface area contributed by atoms with Crippen molar-refractivity contribution < 1.29 is 0 Å². The first-order chi connectivity index (χ1) is 7.25. The summed E-state index contributed by atoms with van der Waals surface area (Å²) in [6.45, 7) is 0.906. The van der Waals surface area contributed by atoms with E-state index in [4.69, 9.17) is 5.73 Å². The molecule has 2 rings (SSSR count). The first kappa shape index (κ1) is 9.98. The lowest BCUT2D eigenvalue weighted by molar-refractivity contribution is 0.935. The maximum atomic E-state index is 5.54. The number of nitrogens with zero attached hydrogens (tertiary/aromatic N) is 2. The minimum atomic E-state index is 0.559. The van der Waals surface area contributed by atoms with Crippen molar-refractivity contribution in [3.63, 3.8) is 0 Å². The summed E-state index contributed by atoms with van der Waals surface area (Å²) in [6, 6.07) is 8.00. The van der Waals surface area contributed by atoms with Gasteiger partial charge in [0.25, 0.3) is 0 Å². The number of nitrogen functional groups attached to an aromatic ring is 1. The van der Waals surface area contributed by atoms with Gasteiger partial charge >= 0.3 is 0 Å². The SMILES string of the molecule is CN(Cc1cccs1)c1ccc(N)nc1. The summed E-state index contributed by atoms with van der Waals surface area (Å²) in [5, 5.41) is 2.09. The number of hydrogen-bond donors (Lipinski definition) is 1. The van der Waals surface area contributed by atoms with Gasteiger partial charge in [0.15, 0.2) is 0 Å². The summed E-state index contributed by atoms with van der Waals surface area (Å²) in [6.07, 6.45) is 1.79. The normalized spacial score (nSPS) is 10.2. The third-order valence-corrected chi connectivity index (χ3v) is 3.05. The summed E-state index contributed by atoms with van der Waals surface area (Å²) < 4.78 is 0. The minimum absolute atomic E-state index is 0.559. The molecule has 0 aliphatic carbocycles. The zero-order chi connectivity index (χ0) is 10.7. The second-order valence-corrected chi connectivity index (χ2v) is 4.41. The monoisotopic (exact) mass is 219 g/mol. The zero-order valence-electron chi connectivity index (χ0n) is 8.55. The molecule has 0 radical (unpaired) electrons. The number of pyridine rings is 1. The summed E-state index contributed by atoms with van der Waals surface area (Å²) >= 11 is 1.76. The van der Waals surface area contributed by atoms with Crippen LogP contribution in [-0.2, 0) is 6.54 Å². The van der Waals surface area contributed by atoms with Crippen LogP contribution in [0.15, 0.2) is 35.8 Å². The van der Waals surface area contributed by atoms with E-state index in [0.717, 1.165) is 12.2 Å². The van der Waals surface area contributed by atoms with Crippen LogP contribution in [0.3, 0.4) is 0 Å². The van der Waals surface area contributed by atoms with Crippen molar-refractivity contribution in [1.82, 2.24) is 4.98 Å². The number of nitrogens with two attached hydrogens (primary N) is 1. The second kappa shape index (κ2) is 4.31. The Hall–Kier alpha value is -1.55. The molecule has 0 bridgehead atoms. The number of anilines is 2. The van der Waals surface area contributed by atoms with Crippen molar-refractivity contribution in [2.45, 2.75) is 6.54 Å². The highest BCUT2D eigenvalue weighted by Crippen LogP contribution is 2.17. The number of rotatable bonds is 3. The molecule has 0 aliphatic rings. The minimum Gasteiger partial charge on any atom is -0.384 e. The van der Waals surface area contributed by atoms with Gasteiger partial charge in [-0.25, -0.2) is 4.98 Å². The lowest BCUT2D eigenvalue weighted by Gasteiger charge is -2.17.